The quantitative estimate of drug-likeness (QED) is 0.567. The number of nitrogens with zero attached hydrogens (tertiary/aromatic N) is 6. The fraction of sp³-hybridized carbons (Fsp3) is 0.133. The molecule has 0 radical (unpaired) electrons. The van der Waals surface area contributed by atoms with Crippen molar-refractivity contribution >= 4 is 41.0 Å². The van der Waals surface area contributed by atoms with Crippen molar-refractivity contribution in [2.24, 2.45) is 0 Å². The summed E-state index contributed by atoms with van der Waals surface area (Å²) in [6, 6.07) is 7.35. The maximum Gasteiger partial charge on any atom is 0.283 e. The number of fused-ring (bicyclic) bond motifs is 3. The minimum Gasteiger partial charge on any atom is -0.296 e. The molecule has 0 fully saturated rings. The van der Waals surface area contributed by atoms with Crippen LogP contribution in [0.15, 0.2) is 41.6 Å². The Hall–Kier alpha value is -2.45. The van der Waals surface area contributed by atoms with E-state index in [1.54, 1.807) is 18.3 Å². The van der Waals surface area contributed by atoms with Gasteiger partial charge in [-0.3, -0.25) is 9.36 Å². The fourth-order valence-corrected chi connectivity index (χ4v) is 2.84. The summed E-state index contributed by atoms with van der Waals surface area (Å²) in [5, 5.41) is 13.2. The highest BCUT2D eigenvalue weighted by Gasteiger charge is 2.15. The van der Waals surface area contributed by atoms with Crippen LogP contribution in [-0.4, -0.2) is 35.1 Å². The lowest BCUT2D eigenvalue weighted by Crippen LogP contribution is -2.23. The summed E-state index contributed by atoms with van der Waals surface area (Å²) >= 11 is 10.1. The molecule has 0 spiro atoms. The maximum absolute atomic E-state index is 12.4. The van der Waals surface area contributed by atoms with Crippen molar-refractivity contribution < 1.29 is 0 Å². The Morgan fingerprint density at radius 2 is 1.92 bits per heavy atom. The van der Waals surface area contributed by atoms with Crippen molar-refractivity contribution in [3.05, 3.63) is 52.2 Å². The van der Waals surface area contributed by atoms with Crippen molar-refractivity contribution in [2.45, 2.75) is 6.54 Å². The van der Waals surface area contributed by atoms with Gasteiger partial charge in [-0.05, 0) is 17.7 Å². The van der Waals surface area contributed by atoms with Crippen LogP contribution in [0, 0.1) is 0 Å². The summed E-state index contributed by atoms with van der Waals surface area (Å²) < 4.78 is 2.98. The first-order valence-corrected chi connectivity index (χ1v) is 8.16. The van der Waals surface area contributed by atoms with E-state index in [9.17, 15) is 4.79 Å². The van der Waals surface area contributed by atoms with E-state index >= 15 is 0 Å². The molecule has 1 aromatic carbocycles. The van der Waals surface area contributed by atoms with Crippen molar-refractivity contribution in [3.8, 4) is 11.1 Å². The van der Waals surface area contributed by atoms with Crippen LogP contribution in [0.2, 0.25) is 5.02 Å². The molecule has 0 aliphatic heterocycles. The highest BCUT2D eigenvalue weighted by molar-refractivity contribution is 7.80. The van der Waals surface area contributed by atoms with Crippen LogP contribution in [0.4, 0.5) is 0 Å². The molecule has 0 saturated carbocycles. The number of aryl methyl sites for hydroxylation is 1. The predicted octanol–water partition coefficient (Wildman–Crippen LogP) is 2.08. The molecule has 0 saturated heterocycles. The average Bonchev–Trinajstić information content (AvgIpc) is 3.02. The molecule has 0 N–H and O–H groups in total. The molecule has 0 bridgehead atoms. The van der Waals surface area contributed by atoms with Crippen LogP contribution in [0.5, 0.6) is 0 Å². The number of aromatic nitrogens is 6. The number of halogens is 1. The second kappa shape index (κ2) is 5.88. The molecule has 0 amide bonds. The number of rotatable bonds is 3. The molecule has 0 aliphatic rings. The summed E-state index contributed by atoms with van der Waals surface area (Å²) in [5.74, 6) is 0.533. The molecular weight excluding hydrogens is 348 g/mol. The molecule has 120 valence electrons. The summed E-state index contributed by atoms with van der Waals surface area (Å²) in [6.45, 7) is 0.458. The highest BCUT2D eigenvalue weighted by atomic mass is 35.5. The van der Waals surface area contributed by atoms with Crippen molar-refractivity contribution in [1.29, 1.82) is 0 Å². The van der Waals surface area contributed by atoms with E-state index in [0.717, 1.165) is 11.1 Å². The Kier molecular flexibility index (Phi) is 3.70. The lowest BCUT2D eigenvalue weighted by atomic mass is 10.1. The number of thiol groups is 1. The van der Waals surface area contributed by atoms with Gasteiger partial charge in [0.25, 0.3) is 5.56 Å². The van der Waals surface area contributed by atoms with Gasteiger partial charge in [-0.1, -0.05) is 23.7 Å². The first-order valence-electron chi connectivity index (χ1n) is 7.15. The third kappa shape index (κ3) is 2.35. The van der Waals surface area contributed by atoms with Crippen LogP contribution in [0.3, 0.4) is 0 Å². The molecule has 3 heterocycles. The summed E-state index contributed by atoms with van der Waals surface area (Å²) in [6.07, 6.45) is 3.15. The van der Waals surface area contributed by atoms with E-state index in [4.69, 9.17) is 11.6 Å². The summed E-state index contributed by atoms with van der Waals surface area (Å²) in [5.41, 5.74) is 2.53. The van der Waals surface area contributed by atoms with E-state index in [2.05, 4.69) is 32.9 Å². The first-order chi connectivity index (χ1) is 11.7. The SMILES string of the molecule is O=c1c2nnc3c(-c4ccc(Cl)cc4)cnn3c2ncn1CCS. The molecule has 4 aromatic rings. The molecule has 24 heavy (non-hydrogen) atoms. The minimum absolute atomic E-state index is 0.178. The smallest absolute Gasteiger partial charge is 0.283 e. The Bertz CT molecular complexity index is 1100. The van der Waals surface area contributed by atoms with Crippen LogP contribution in [0.1, 0.15) is 0 Å². The van der Waals surface area contributed by atoms with E-state index in [1.807, 2.05) is 12.1 Å². The van der Waals surface area contributed by atoms with Crippen molar-refractivity contribution in [2.75, 3.05) is 5.75 Å². The predicted molar refractivity (Wildman–Crippen MR) is 94.6 cm³/mol. The van der Waals surface area contributed by atoms with E-state index < -0.39 is 0 Å². The third-order valence-corrected chi connectivity index (χ3v) is 4.13. The Morgan fingerprint density at radius 1 is 1.12 bits per heavy atom. The lowest BCUT2D eigenvalue weighted by Gasteiger charge is -2.04. The molecule has 0 atom stereocenters. The van der Waals surface area contributed by atoms with Gasteiger partial charge >= 0.3 is 0 Å². The van der Waals surface area contributed by atoms with Crippen molar-refractivity contribution in [1.82, 2.24) is 29.4 Å². The fourth-order valence-electron chi connectivity index (χ4n) is 2.50. The van der Waals surface area contributed by atoms with Gasteiger partial charge < -0.3 is 0 Å². The van der Waals surface area contributed by atoms with Crippen LogP contribution in [-0.2, 0) is 6.54 Å². The molecular formula is C15H11ClN6OS. The standard InChI is InChI=1S/C15H11ClN6OS/c16-10-3-1-9(2-4-10)11-7-18-22-13(11)20-19-12-14(22)17-8-21(5-6-24)15(12)23/h1-4,7-8,24H,5-6H2. The van der Waals surface area contributed by atoms with Crippen LogP contribution < -0.4 is 5.56 Å². The zero-order valence-corrected chi connectivity index (χ0v) is 13.9. The van der Waals surface area contributed by atoms with Gasteiger partial charge in [0, 0.05) is 22.9 Å². The van der Waals surface area contributed by atoms with E-state index in [0.29, 0.717) is 28.6 Å². The second-order valence-corrected chi connectivity index (χ2v) is 6.02. The molecule has 0 aliphatic carbocycles. The van der Waals surface area contributed by atoms with Gasteiger partial charge in [-0.15, -0.1) is 10.2 Å². The zero-order chi connectivity index (χ0) is 16.7. The minimum atomic E-state index is -0.257. The van der Waals surface area contributed by atoms with Crippen molar-refractivity contribution in [3.63, 3.8) is 0 Å². The number of hydrogen-bond donors (Lipinski definition) is 1. The van der Waals surface area contributed by atoms with Gasteiger partial charge in [0.2, 0.25) is 0 Å². The summed E-state index contributed by atoms with van der Waals surface area (Å²) in [4.78, 5) is 16.7. The van der Waals surface area contributed by atoms with Crippen LogP contribution in [0.25, 0.3) is 27.9 Å². The summed E-state index contributed by atoms with van der Waals surface area (Å²) in [7, 11) is 0. The Morgan fingerprint density at radius 3 is 2.67 bits per heavy atom. The largest absolute Gasteiger partial charge is 0.296 e. The zero-order valence-electron chi connectivity index (χ0n) is 12.3. The van der Waals surface area contributed by atoms with Gasteiger partial charge in [-0.25, -0.2) is 4.98 Å². The average molecular weight is 359 g/mol. The first kappa shape index (κ1) is 15.1. The highest BCUT2D eigenvalue weighted by Crippen LogP contribution is 2.25. The van der Waals surface area contributed by atoms with Gasteiger partial charge in [-0.2, -0.15) is 22.2 Å². The van der Waals surface area contributed by atoms with Crippen LogP contribution >= 0.6 is 24.2 Å². The monoisotopic (exact) mass is 358 g/mol. The lowest BCUT2D eigenvalue weighted by molar-refractivity contribution is 0.717. The normalized spacial score (nSPS) is 11.4. The molecule has 7 nitrogen and oxygen atoms in total. The van der Waals surface area contributed by atoms with Gasteiger partial charge in [0.15, 0.2) is 16.8 Å². The Labute approximate surface area is 146 Å². The number of benzene rings is 1. The molecule has 9 heteroatoms. The molecule has 3 aromatic heterocycles. The topological polar surface area (TPSA) is 78.0 Å². The third-order valence-electron chi connectivity index (χ3n) is 3.68. The molecule has 4 rings (SSSR count). The van der Waals surface area contributed by atoms with E-state index in [-0.39, 0.29) is 11.1 Å². The van der Waals surface area contributed by atoms with Gasteiger partial charge in [0.05, 0.1) is 6.20 Å². The van der Waals surface area contributed by atoms with Gasteiger partial charge in [0.1, 0.15) is 6.33 Å². The Balaban J connectivity index is 1.96. The molecule has 0 unspecified atom stereocenters. The van der Waals surface area contributed by atoms with E-state index in [1.165, 1.54) is 15.4 Å². The maximum atomic E-state index is 12.4. The number of hydrogen-bond acceptors (Lipinski definition) is 6. The second-order valence-electron chi connectivity index (χ2n) is 5.14.